The lowest BCUT2D eigenvalue weighted by Gasteiger charge is -2.37. The molecule has 0 bridgehead atoms. The minimum atomic E-state index is -3.57. The number of hydrogen-bond donors (Lipinski definition) is 0. The van der Waals surface area contributed by atoms with Crippen molar-refractivity contribution in [3.8, 4) is 0 Å². The summed E-state index contributed by atoms with van der Waals surface area (Å²) in [4.78, 5) is 17.5. The van der Waals surface area contributed by atoms with Gasteiger partial charge in [0, 0.05) is 39.3 Å². The van der Waals surface area contributed by atoms with Crippen LogP contribution in [0.3, 0.4) is 0 Å². The van der Waals surface area contributed by atoms with E-state index in [4.69, 9.17) is 4.74 Å². The van der Waals surface area contributed by atoms with Crippen LogP contribution in [-0.4, -0.2) is 87.0 Å². The number of piperidine rings is 1. The summed E-state index contributed by atoms with van der Waals surface area (Å²) in [6.07, 6.45) is 3.35. The van der Waals surface area contributed by atoms with E-state index in [-0.39, 0.29) is 5.91 Å². The molecule has 1 aromatic rings. The molecule has 3 fully saturated rings. The normalized spacial score (nSPS) is 26.0. The molecule has 0 radical (unpaired) electrons. The van der Waals surface area contributed by atoms with Crippen molar-refractivity contribution in [2.45, 2.75) is 35.9 Å². The number of nitrogens with zero attached hydrogens (tertiary/aromatic N) is 3. The molecule has 28 heavy (non-hydrogen) atoms. The molecule has 4 rings (SSSR count). The van der Waals surface area contributed by atoms with E-state index in [0.29, 0.717) is 23.1 Å². The first-order valence-corrected chi connectivity index (χ1v) is 12.5. The highest BCUT2D eigenvalue weighted by Gasteiger charge is 2.42. The monoisotopic (exact) mass is 427 g/mol. The van der Waals surface area contributed by atoms with E-state index in [2.05, 4.69) is 4.90 Å². The highest BCUT2D eigenvalue weighted by Crippen LogP contribution is 2.30. The van der Waals surface area contributed by atoms with Crippen molar-refractivity contribution < 1.29 is 17.9 Å². The van der Waals surface area contributed by atoms with E-state index >= 15 is 0 Å². The predicted molar refractivity (Wildman–Crippen MR) is 108 cm³/mol. The van der Waals surface area contributed by atoms with Gasteiger partial charge >= 0.3 is 0 Å². The summed E-state index contributed by atoms with van der Waals surface area (Å²) in [5.41, 5.74) is 0. The van der Waals surface area contributed by atoms with Crippen molar-refractivity contribution >= 4 is 27.3 Å². The molecule has 9 heteroatoms. The standard InChI is InChI=1S/C19H29N3O4S2/c23-19(17-3-1-7-22(17)28(24,25)18-4-2-14-27-18)21-8-5-16(6-9-21)15-20-10-12-26-13-11-20/h2,4,14,16-17H,1,3,5-13,15H2. The Morgan fingerprint density at radius 1 is 1.11 bits per heavy atom. The largest absolute Gasteiger partial charge is 0.379 e. The molecular weight excluding hydrogens is 398 g/mol. The number of hydrogen-bond acceptors (Lipinski definition) is 6. The van der Waals surface area contributed by atoms with Crippen LogP contribution in [0, 0.1) is 5.92 Å². The maximum Gasteiger partial charge on any atom is 0.253 e. The molecule has 0 aromatic carbocycles. The zero-order valence-electron chi connectivity index (χ0n) is 16.2. The van der Waals surface area contributed by atoms with Gasteiger partial charge in [-0.3, -0.25) is 9.69 Å². The van der Waals surface area contributed by atoms with Gasteiger partial charge in [-0.15, -0.1) is 11.3 Å². The van der Waals surface area contributed by atoms with Crippen molar-refractivity contribution in [3.05, 3.63) is 17.5 Å². The molecule has 3 aliphatic rings. The van der Waals surface area contributed by atoms with Crippen LogP contribution >= 0.6 is 11.3 Å². The Kier molecular flexibility index (Phi) is 6.37. The average molecular weight is 428 g/mol. The third-order valence-electron chi connectivity index (χ3n) is 6.09. The average Bonchev–Trinajstić information content (AvgIpc) is 3.41. The molecule has 3 saturated heterocycles. The fourth-order valence-corrected chi connectivity index (χ4v) is 7.27. The highest BCUT2D eigenvalue weighted by atomic mass is 32.2. The zero-order chi connectivity index (χ0) is 19.6. The fraction of sp³-hybridized carbons (Fsp3) is 0.737. The highest BCUT2D eigenvalue weighted by molar-refractivity contribution is 7.91. The fourth-order valence-electron chi connectivity index (χ4n) is 4.50. The van der Waals surface area contributed by atoms with E-state index in [9.17, 15) is 13.2 Å². The van der Waals surface area contributed by atoms with Crippen LogP contribution in [0.4, 0.5) is 0 Å². The van der Waals surface area contributed by atoms with Gasteiger partial charge in [0.25, 0.3) is 10.0 Å². The molecular formula is C19H29N3O4S2. The molecule has 0 N–H and O–H groups in total. The summed E-state index contributed by atoms with van der Waals surface area (Å²) in [7, 11) is -3.57. The van der Waals surface area contributed by atoms with Gasteiger partial charge in [-0.05, 0) is 43.0 Å². The number of carbonyl (C=O) groups excluding carboxylic acids is 1. The van der Waals surface area contributed by atoms with Gasteiger partial charge in [-0.25, -0.2) is 8.42 Å². The Morgan fingerprint density at radius 2 is 1.86 bits per heavy atom. The molecule has 156 valence electrons. The number of sulfonamides is 1. The first kappa shape index (κ1) is 20.3. The maximum absolute atomic E-state index is 13.1. The summed E-state index contributed by atoms with van der Waals surface area (Å²) in [5.74, 6) is 0.596. The topological polar surface area (TPSA) is 70.2 Å². The number of amides is 1. The quantitative estimate of drug-likeness (QED) is 0.712. The smallest absolute Gasteiger partial charge is 0.253 e. The molecule has 0 saturated carbocycles. The van der Waals surface area contributed by atoms with Crippen molar-refractivity contribution in [1.82, 2.24) is 14.1 Å². The van der Waals surface area contributed by atoms with Crippen LogP contribution in [0.5, 0.6) is 0 Å². The Labute approximate surface area is 171 Å². The van der Waals surface area contributed by atoms with Crippen LogP contribution in [0.25, 0.3) is 0 Å². The van der Waals surface area contributed by atoms with Crippen molar-refractivity contribution in [1.29, 1.82) is 0 Å². The number of ether oxygens (including phenoxy) is 1. The zero-order valence-corrected chi connectivity index (χ0v) is 17.8. The van der Waals surface area contributed by atoms with Gasteiger partial charge in [0.15, 0.2) is 0 Å². The summed E-state index contributed by atoms with van der Waals surface area (Å²) in [6, 6.07) is 2.82. The first-order valence-electron chi connectivity index (χ1n) is 10.2. The molecule has 1 atom stereocenters. The number of thiophene rings is 1. The van der Waals surface area contributed by atoms with Gasteiger partial charge in [-0.1, -0.05) is 6.07 Å². The SMILES string of the molecule is O=C(C1CCCN1S(=O)(=O)c1cccs1)N1CCC(CN2CCOCC2)CC1. The molecule has 7 nitrogen and oxygen atoms in total. The number of morpholine rings is 1. The van der Waals surface area contributed by atoms with E-state index < -0.39 is 16.1 Å². The second-order valence-electron chi connectivity index (χ2n) is 7.89. The lowest BCUT2D eigenvalue weighted by Crippen LogP contribution is -2.50. The molecule has 1 amide bonds. The molecule has 4 heterocycles. The Balaban J connectivity index is 1.34. The van der Waals surface area contributed by atoms with E-state index in [0.717, 1.165) is 65.2 Å². The minimum absolute atomic E-state index is 0.0116. The van der Waals surface area contributed by atoms with Crippen LogP contribution in [0.15, 0.2) is 21.7 Å². The molecule has 0 aliphatic carbocycles. The second kappa shape index (κ2) is 8.79. The van der Waals surface area contributed by atoms with Crippen molar-refractivity contribution in [2.24, 2.45) is 5.92 Å². The van der Waals surface area contributed by atoms with E-state index in [1.807, 2.05) is 4.90 Å². The van der Waals surface area contributed by atoms with Gasteiger partial charge < -0.3 is 9.64 Å². The van der Waals surface area contributed by atoms with Crippen molar-refractivity contribution in [3.63, 3.8) is 0 Å². The number of likely N-dealkylation sites (tertiary alicyclic amines) is 1. The Bertz CT molecular complexity index is 754. The molecule has 1 aromatic heterocycles. The van der Waals surface area contributed by atoms with Gasteiger partial charge in [0.05, 0.1) is 13.2 Å². The molecule has 0 spiro atoms. The molecule has 3 aliphatic heterocycles. The van der Waals surface area contributed by atoms with E-state index in [1.54, 1.807) is 17.5 Å². The minimum Gasteiger partial charge on any atom is -0.379 e. The van der Waals surface area contributed by atoms with Crippen LogP contribution in [0.2, 0.25) is 0 Å². The Hall–Kier alpha value is -1.00. The molecule has 1 unspecified atom stereocenters. The van der Waals surface area contributed by atoms with Gasteiger partial charge in [0.2, 0.25) is 5.91 Å². The van der Waals surface area contributed by atoms with Crippen LogP contribution in [0.1, 0.15) is 25.7 Å². The summed E-state index contributed by atoms with van der Waals surface area (Å²) in [6.45, 7) is 6.60. The predicted octanol–water partition coefficient (Wildman–Crippen LogP) is 1.47. The number of rotatable bonds is 5. The lowest BCUT2D eigenvalue weighted by molar-refractivity contribution is -0.136. The summed E-state index contributed by atoms with van der Waals surface area (Å²) < 4.78 is 33.0. The van der Waals surface area contributed by atoms with Crippen molar-refractivity contribution in [2.75, 3.05) is 52.5 Å². The number of carbonyl (C=O) groups is 1. The van der Waals surface area contributed by atoms with Crippen LogP contribution < -0.4 is 0 Å². The van der Waals surface area contributed by atoms with E-state index in [1.165, 1.54) is 15.6 Å². The summed E-state index contributed by atoms with van der Waals surface area (Å²) >= 11 is 1.21. The third-order valence-corrected chi connectivity index (χ3v) is 9.37. The second-order valence-corrected chi connectivity index (χ2v) is 11.0. The maximum atomic E-state index is 13.1. The first-order chi connectivity index (χ1) is 13.6. The Morgan fingerprint density at radius 3 is 2.54 bits per heavy atom. The van der Waals surface area contributed by atoms with Gasteiger partial charge in [-0.2, -0.15) is 4.31 Å². The van der Waals surface area contributed by atoms with Gasteiger partial charge in [0.1, 0.15) is 10.3 Å². The third kappa shape index (κ3) is 4.28. The lowest BCUT2D eigenvalue weighted by atomic mass is 9.95. The van der Waals surface area contributed by atoms with Crippen LogP contribution in [-0.2, 0) is 19.6 Å². The summed E-state index contributed by atoms with van der Waals surface area (Å²) in [5, 5.41) is 1.76.